The van der Waals surface area contributed by atoms with Gasteiger partial charge in [-0.2, -0.15) is 0 Å². The second-order valence-corrected chi connectivity index (χ2v) is 8.21. The fourth-order valence-corrected chi connectivity index (χ4v) is 4.09. The van der Waals surface area contributed by atoms with Crippen LogP contribution in [0.1, 0.15) is 51.5 Å². The number of amides is 1. The Hall–Kier alpha value is -2.00. The summed E-state index contributed by atoms with van der Waals surface area (Å²) in [7, 11) is 0. The molecule has 0 aromatic heterocycles. The van der Waals surface area contributed by atoms with Crippen molar-refractivity contribution in [3.05, 3.63) is 59.1 Å². The molecule has 1 aliphatic carbocycles. The molecule has 0 atom stereocenters. The molecule has 3 nitrogen and oxygen atoms in total. The van der Waals surface area contributed by atoms with E-state index in [0.717, 1.165) is 42.7 Å². The number of carbonyl (C=O) groups is 1. The van der Waals surface area contributed by atoms with Gasteiger partial charge in [-0.1, -0.05) is 62.9 Å². The molecule has 0 unspecified atom stereocenters. The fourth-order valence-electron chi connectivity index (χ4n) is 3.77. The van der Waals surface area contributed by atoms with Crippen molar-refractivity contribution in [2.45, 2.75) is 51.4 Å². The Balaban J connectivity index is 1.78. The van der Waals surface area contributed by atoms with E-state index in [4.69, 9.17) is 16.3 Å². The molecule has 4 heteroatoms. The van der Waals surface area contributed by atoms with Gasteiger partial charge in [0.15, 0.2) is 0 Å². The third-order valence-corrected chi connectivity index (χ3v) is 5.56. The second-order valence-electron chi connectivity index (χ2n) is 7.81. The molecule has 0 saturated heterocycles. The first kappa shape index (κ1) is 19.8. The largest absolute Gasteiger partial charge is 0.493 e. The highest BCUT2D eigenvalue weighted by molar-refractivity contribution is 6.31. The number of hydrogen-bond donors (Lipinski definition) is 1. The summed E-state index contributed by atoms with van der Waals surface area (Å²) in [5.74, 6) is 1.33. The van der Waals surface area contributed by atoms with Crippen LogP contribution in [0.4, 0.5) is 5.69 Å². The number of rotatable bonds is 6. The number of hydrogen-bond acceptors (Lipinski definition) is 2. The molecule has 2 aromatic rings. The molecule has 0 aliphatic heterocycles. The molecular weight excluding hydrogens is 358 g/mol. The summed E-state index contributed by atoms with van der Waals surface area (Å²) in [4.78, 5) is 13.3. The summed E-state index contributed by atoms with van der Waals surface area (Å²) in [6.45, 7) is 4.92. The van der Waals surface area contributed by atoms with E-state index >= 15 is 0 Å². The normalized spacial score (nSPS) is 16.1. The quantitative estimate of drug-likeness (QED) is 0.641. The molecule has 1 amide bonds. The number of ether oxygens (including phenoxy) is 1. The Bertz CT molecular complexity index is 764. The lowest BCUT2D eigenvalue weighted by atomic mass is 9.68. The van der Waals surface area contributed by atoms with Crippen molar-refractivity contribution in [3.8, 4) is 5.75 Å². The van der Waals surface area contributed by atoms with Gasteiger partial charge in [0.2, 0.25) is 5.91 Å². The second kappa shape index (κ2) is 8.79. The third kappa shape index (κ3) is 4.65. The maximum atomic E-state index is 13.3. The summed E-state index contributed by atoms with van der Waals surface area (Å²) in [5, 5.41) is 3.79. The summed E-state index contributed by atoms with van der Waals surface area (Å²) < 4.78 is 5.72. The van der Waals surface area contributed by atoms with Crippen LogP contribution in [-0.4, -0.2) is 12.5 Å². The zero-order valence-electron chi connectivity index (χ0n) is 16.1. The summed E-state index contributed by atoms with van der Waals surface area (Å²) in [6, 6.07) is 15.4. The minimum absolute atomic E-state index is 0.0335. The van der Waals surface area contributed by atoms with E-state index in [9.17, 15) is 4.79 Å². The van der Waals surface area contributed by atoms with Crippen LogP contribution in [-0.2, 0) is 10.2 Å². The van der Waals surface area contributed by atoms with Gasteiger partial charge < -0.3 is 10.1 Å². The van der Waals surface area contributed by atoms with Gasteiger partial charge in [-0.05, 0) is 54.7 Å². The Morgan fingerprint density at radius 3 is 2.37 bits per heavy atom. The lowest BCUT2D eigenvalue weighted by Gasteiger charge is -2.37. The predicted octanol–water partition coefficient (Wildman–Crippen LogP) is 6.22. The molecule has 1 fully saturated rings. The third-order valence-electron chi connectivity index (χ3n) is 5.23. The van der Waals surface area contributed by atoms with Crippen LogP contribution >= 0.6 is 11.6 Å². The Kier molecular flexibility index (Phi) is 6.43. The maximum absolute atomic E-state index is 13.3. The van der Waals surface area contributed by atoms with Crippen molar-refractivity contribution in [3.63, 3.8) is 0 Å². The van der Waals surface area contributed by atoms with Crippen LogP contribution < -0.4 is 10.1 Å². The van der Waals surface area contributed by atoms with E-state index < -0.39 is 5.41 Å². The molecular formula is C23H28ClNO2. The first-order valence-corrected chi connectivity index (χ1v) is 10.2. The molecule has 0 radical (unpaired) electrons. The van der Waals surface area contributed by atoms with E-state index in [1.807, 2.05) is 48.5 Å². The molecule has 2 aromatic carbocycles. The van der Waals surface area contributed by atoms with Crippen molar-refractivity contribution in [2.24, 2.45) is 5.92 Å². The van der Waals surface area contributed by atoms with Crippen molar-refractivity contribution in [2.75, 3.05) is 11.9 Å². The first-order chi connectivity index (χ1) is 13.0. The van der Waals surface area contributed by atoms with Crippen LogP contribution in [0.3, 0.4) is 0 Å². The van der Waals surface area contributed by atoms with Gasteiger partial charge in [0, 0.05) is 10.7 Å². The molecule has 3 rings (SSSR count). The highest BCUT2D eigenvalue weighted by Crippen LogP contribution is 2.43. The minimum atomic E-state index is -0.552. The van der Waals surface area contributed by atoms with Gasteiger partial charge >= 0.3 is 0 Å². The topological polar surface area (TPSA) is 38.3 Å². The highest BCUT2D eigenvalue weighted by atomic mass is 35.5. The molecule has 0 bridgehead atoms. The van der Waals surface area contributed by atoms with Crippen molar-refractivity contribution < 1.29 is 9.53 Å². The molecule has 0 heterocycles. The SMILES string of the molecule is CC(C)COc1ccc(NC(=O)C2(c3ccccc3Cl)CCCCC2)cc1. The van der Waals surface area contributed by atoms with E-state index in [1.54, 1.807) is 0 Å². The monoisotopic (exact) mass is 385 g/mol. The van der Waals surface area contributed by atoms with Gasteiger partial charge in [0.25, 0.3) is 0 Å². The summed E-state index contributed by atoms with van der Waals surface area (Å²) in [5.41, 5.74) is 1.18. The highest BCUT2D eigenvalue weighted by Gasteiger charge is 2.42. The lowest BCUT2D eigenvalue weighted by molar-refractivity contribution is -0.122. The molecule has 1 saturated carbocycles. The number of anilines is 1. The van der Waals surface area contributed by atoms with Crippen LogP contribution in [0.15, 0.2) is 48.5 Å². The fraction of sp³-hybridized carbons (Fsp3) is 0.435. The minimum Gasteiger partial charge on any atom is -0.493 e. The molecule has 1 N–H and O–H groups in total. The van der Waals surface area contributed by atoms with Gasteiger partial charge in [0.1, 0.15) is 5.75 Å². The predicted molar refractivity (Wildman–Crippen MR) is 112 cm³/mol. The number of nitrogens with one attached hydrogen (secondary N) is 1. The summed E-state index contributed by atoms with van der Waals surface area (Å²) >= 11 is 6.48. The molecule has 1 aliphatic rings. The van der Waals surface area contributed by atoms with Crippen LogP contribution in [0.25, 0.3) is 0 Å². The lowest BCUT2D eigenvalue weighted by Crippen LogP contribution is -2.42. The standard InChI is InChI=1S/C23H28ClNO2/c1-17(2)16-27-19-12-10-18(11-13-19)25-22(26)23(14-6-3-7-15-23)20-8-4-5-9-21(20)24/h4-5,8-13,17H,3,6-7,14-16H2,1-2H3,(H,25,26). The van der Waals surface area contributed by atoms with Gasteiger partial charge in [-0.15, -0.1) is 0 Å². The smallest absolute Gasteiger partial charge is 0.235 e. The van der Waals surface area contributed by atoms with Crippen molar-refractivity contribution >= 4 is 23.2 Å². The van der Waals surface area contributed by atoms with Crippen LogP contribution in [0, 0.1) is 5.92 Å². The van der Waals surface area contributed by atoms with Crippen LogP contribution in [0.2, 0.25) is 5.02 Å². The maximum Gasteiger partial charge on any atom is 0.235 e. The number of carbonyl (C=O) groups excluding carboxylic acids is 1. The Morgan fingerprint density at radius 2 is 1.74 bits per heavy atom. The van der Waals surface area contributed by atoms with Crippen molar-refractivity contribution in [1.82, 2.24) is 0 Å². The molecule has 27 heavy (non-hydrogen) atoms. The van der Waals surface area contributed by atoms with E-state index in [0.29, 0.717) is 17.5 Å². The van der Waals surface area contributed by atoms with Gasteiger partial charge in [-0.3, -0.25) is 4.79 Å². The Labute approximate surface area is 167 Å². The average Bonchev–Trinajstić information content (AvgIpc) is 2.68. The van der Waals surface area contributed by atoms with E-state index in [2.05, 4.69) is 19.2 Å². The zero-order valence-corrected chi connectivity index (χ0v) is 16.9. The Morgan fingerprint density at radius 1 is 1.07 bits per heavy atom. The van der Waals surface area contributed by atoms with E-state index in [-0.39, 0.29) is 5.91 Å². The van der Waals surface area contributed by atoms with Gasteiger partial charge in [-0.25, -0.2) is 0 Å². The summed E-state index contributed by atoms with van der Waals surface area (Å²) in [6.07, 6.45) is 4.92. The van der Waals surface area contributed by atoms with Crippen molar-refractivity contribution in [1.29, 1.82) is 0 Å². The molecule has 0 spiro atoms. The number of halogens is 1. The average molecular weight is 386 g/mol. The van der Waals surface area contributed by atoms with Gasteiger partial charge in [0.05, 0.1) is 12.0 Å². The van der Waals surface area contributed by atoms with Crippen LogP contribution in [0.5, 0.6) is 5.75 Å². The zero-order chi connectivity index (χ0) is 19.3. The first-order valence-electron chi connectivity index (χ1n) is 9.80. The molecule has 144 valence electrons. The van der Waals surface area contributed by atoms with E-state index in [1.165, 1.54) is 6.42 Å². The number of benzene rings is 2.